The number of nitrogens with zero attached hydrogens (tertiary/aromatic N) is 1. The Morgan fingerprint density at radius 1 is 1.45 bits per heavy atom. The Labute approximate surface area is 127 Å². The van der Waals surface area contributed by atoms with Crippen LogP contribution in [-0.2, 0) is 17.5 Å². The zero-order valence-electron chi connectivity index (χ0n) is 12.2. The Kier molecular flexibility index (Phi) is 5.24. The van der Waals surface area contributed by atoms with Gasteiger partial charge in [0.25, 0.3) is 0 Å². The van der Waals surface area contributed by atoms with E-state index in [0.717, 1.165) is 25.5 Å². The predicted octanol–water partition coefficient (Wildman–Crippen LogP) is 2.97. The summed E-state index contributed by atoms with van der Waals surface area (Å²) in [5.41, 5.74) is 0.00374. The maximum absolute atomic E-state index is 12.7. The quantitative estimate of drug-likeness (QED) is 0.867. The summed E-state index contributed by atoms with van der Waals surface area (Å²) in [5, 5.41) is 2.84. The van der Waals surface area contributed by atoms with Crippen LogP contribution in [0.3, 0.4) is 0 Å². The minimum Gasteiger partial charge on any atom is -0.349 e. The second-order valence-corrected chi connectivity index (χ2v) is 5.49. The second kappa shape index (κ2) is 6.96. The van der Waals surface area contributed by atoms with E-state index in [0.29, 0.717) is 18.7 Å². The average Bonchev–Trinajstić information content (AvgIpc) is 2.47. The highest BCUT2D eigenvalue weighted by molar-refractivity contribution is 5.87. The number of piperidine rings is 1. The van der Waals surface area contributed by atoms with E-state index in [1.54, 1.807) is 6.07 Å². The van der Waals surface area contributed by atoms with Gasteiger partial charge in [-0.1, -0.05) is 24.8 Å². The number of carbonyl (C=O) groups is 1. The molecule has 1 saturated heterocycles. The SMILES string of the molecule is C=CC(=O)N[C@H]1CCCN(Cc2cccc(C(F)(F)F)c2)C1. The zero-order chi connectivity index (χ0) is 16.2. The van der Waals surface area contributed by atoms with E-state index in [9.17, 15) is 18.0 Å². The second-order valence-electron chi connectivity index (χ2n) is 5.49. The largest absolute Gasteiger partial charge is 0.416 e. The van der Waals surface area contributed by atoms with Crippen molar-refractivity contribution < 1.29 is 18.0 Å². The van der Waals surface area contributed by atoms with E-state index < -0.39 is 11.7 Å². The Hall–Kier alpha value is -1.82. The monoisotopic (exact) mass is 312 g/mol. The standard InChI is InChI=1S/C16H19F3N2O/c1-2-15(22)20-14-7-4-8-21(11-14)10-12-5-3-6-13(9-12)16(17,18)19/h2-3,5-6,9,14H,1,4,7-8,10-11H2,(H,20,22)/t14-/m0/s1. The number of rotatable bonds is 4. The molecule has 1 aromatic rings. The van der Waals surface area contributed by atoms with E-state index in [4.69, 9.17) is 0 Å². The summed E-state index contributed by atoms with van der Waals surface area (Å²) < 4.78 is 38.2. The van der Waals surface area contributed by atoms with Crippen LogP contribution in [0.2, 0.25) is 0 Å². The van der Waals surface area contributed by atoms with E-state index in [1.165, 1.54) is 18.2 Å². The molecule has 1 atom stereocenters. The van der Waals surface area contributed by atoms with Gasteiger partial charge in [-0.2, -0.15) is 13.2 Å². The van der Waals surface area contributed by atoms with Gasteiger partial charge in [-0.3, -0.25) is 9.69 Å². The molecule has 2 rings (SSSR count). The normalized spacial score (nSPS) is 19.7. The van der Waals surface area contributed by atoms with Gasteiger partial charge in [-0.05, 0) is 37.1 Å². The molecule has 1 aliphatic heterocycles. The fourth-order valence-electron chi connectivity index (χ4n) is 2.68. The highest BCUT2D eigenvalue weighted by Crippen LogP contribution is 2.29. The molecule has 22 heavy (non-hydrogen) atoms. The molecule has 0 saturated carbocycles. The molecule has 0 bridgehead atoms. The highest BCUT2D eigenvalue weighted by Gasteiger charge is 2.30. The molecule has 1 aliphatic rings. The van der Waals surface area contributed by atoms with Crippen molar-refractivity contribution in [3.05, 3.63) is 48.0 Å². The first-order chi connectivity index (χ1) is 10.4. The van der Waals surface area contributed by atoms with Crippen LogP contribution in [0.1, 0.15) is 24.0 Å². The number of hydrogen-bond acceptors (Lipinski definition) is 2. The molecular formula is C16H19F3N2O. The molecule has 1 N–H and O–H groups in total. The van der Waals surface area contributed by atoms with Crippen molar-refractivity contribution >= 4 is 5.91 Å². The molecular weight excluding hydrogens is 293 g/mol. The molecule has 1 heterocycles. The fourth-order valence-corrected chi connectivity index (χ4v) is 2.68. The predicted molar refractivity (Wildman–Crippen MR) is 78.1 cm³/mol. The van der Waals surface area contributed by atoms with Crippen LogP contribution in [0.15, 0.2) is 36.9 Å². The molecule has 1 amide bonds. The molecule has 0 spiro atoms. The number of carbonyl (C=O) groups excluding carboxylic acids is 1. The summed E-state index contributed by atoms with van der Waals surface area (Å²) in [6.45, 7) is 5.31. The summed E-state index contributed by atoms with van der Waals surface area (Å²) in [4.78, 5) is 13.4. The average molecular weight is 312 g/mol. The summed E-state index contributed by atoms with van der Waals surface area (Å²) in [5.74, 6) is -0.217. The van der Waals surface area contributed by atoms with Crippen LogP contribution < -0.4 is 5.32 Å². The first-order valence-corrected chi connectivity index (χ1v) is 7.20. The van der Waals surface area contributed by atoms with Crippen molar-refractivity contribution in [1.29, 1.82) is 0 Å². The van der Waals surface area contributed by atoms with Crippen molar-refractivity contribution in [2.75, 3.05) is 13.1 Å². The maximum Gasteiger partial charge on any atom is 0.416 e. The van der Waals surface area contributed by atoms with E-state index in [2.05, 4.69) is 16.8 Å². The summed E-state index contributed by atoms with van der Waals surface area (Å²) in [6.07, 6.45) is -1.32. The topological polar surface area (TPSA) is 32.3 Å². The Balaban J connectivity index is 1.98. The third kappa shape index (κ3) is 4.59. The van der Waals surface area contributed by atoms with Gasteiger partial charge in [0.05, 0.1) is 5.56 Å². The first-order valence-electron chi connectivity index (χ1n) is 7.20. The number of amides is 1. The molecule has 6 heteroatoms. The van der Waals surface area contributed by atoms with Crippen molar-refractivity contribution in [2.45, 2.75) is 31.6 Å². The lowest BCUT2D eigenvalue weighted by atomic mass is 10.0. The van der Waals surface area contributed by atoms with Gasteiger partial charge in [0, 0.05) is 19.1 Å². The minimum atomic E-state index is -4.32. The Morgan fingerprint density at radius 2 is 2.23 bits per heavy atom. The van der Waals surface area contributed by atoms with Gasteiger partial charge < -0.3 is 5.32 Å². The van der Waals surface area contributed by atoms with Crippen molar-refractivity contribution in [2.24, 2.45) is 0 Å². The highest BCUT2D eigenvalue weighted by atomic mass is 19.4. The van der Waals surface area contributed by atoms with Gasteiger partial charge in [-0.15, -0.1) is 0 Å². The lowest BCUT2D eigenvalue weighted by molar-refractivity contribution is -0.137. The van der Waals surface area contributed by atoms with Crippen LogP contribution in [-0.4, -0.2) is 29.9 Å². The summed E-state index contributed by atoms with van der Waals surface area (Å²) in [6, 6.07) is 5.41. The molecule has 0 unspecified atom stereocenters. The molecule has 1 fully saturated rings. The van der Waals surface area contributed by atoms with Gasteiger partial charge in [0.15, 0.2) is 0 Å². The van der Waals surface area contributed by atoms with E-state index in [-0.39, 0.29) is 11.9 Å². The van der Waals surface area contributed by atoms with Gasteiger partial charge in [0.1, 0.15) is 0 Å². The first kappa shape index (κ1) is 16.5. The molecule has 3 nitrogen and oxygen atoms in total. The Morgan fingerprint density at radius 3 is 2.91 bits per heavy atom. The van der Waals surface area contributed by atoms with Crippen molar-refractivity contribution in [3.8, 4) is 0 Å². The number of hydrogen-bond donors (Lipinski definition) is 1. The lowest BCUT2D eigenvalue weighted by Crippen LogP contribution is -2.46. The van der Waals surface area contributed by atoms with Crippen LogP contribution in [0.4, 0.5) is 13.2 Å². The molecule has 1 aromatic carbocycles. The van der Waals surface area contributed by atoms with Crippen LogP contribution in [0, 0.1) is 0 Å². The van der Waals surface area contributed by atoms with Gasteiger partial charge in [-0.25, -0.2) is 0 Å². The van der Waals surface area contributed by atoms with Crippen LogP contribution >= 0.6 is 0 Å². The summed E-state index contributed by atoms with van der Waals surface area (Å²) in [7, 11) is 0. The van der Waals surface area contributed by atoms with Crippen LogP contribution in [0.5, 0.6) is 0 Å². The number of likely N-dealkylation sites (tertiary alicyclic amines) is 1. The minimum absolute atomic E-state index is 0.0186. The lowest BCUT2D eigenvalue weighted by Gasteiger charge is -2.33. The number of benzene rings is 1. The summed E-state index contributed by atoms with van der Waals surface area (Å²) >= 11 is 0. The van der Waals surface area contributed by atoms with Gasteiger partial charge in [0.2, 0.25) is 5.91 Å². The maximum atomic E-state index is 12.7. The molecule has 0 aliphatic carbocycles. The van der Waals surface area contributed by atoms with Crippen molar-refractivity contribution in [1.82, 2.24) is 10.2 Å². The van der Waals surface area contributed by atoms with Crippen LogP contribution in [0.25, 0.3) is 0 Å². The fraction of sp³-hybridized carbons (Fsp3) is 0.438. The Bertz CT molecular complexity index is 542. The van der Waals surface area contributed by atoms with E-state index >= 15 is 0 Å². The zero-order valence-corrected chi connectivity index (χ0v) is 12.2. The molecule has 0 radical (unpaired) electrons. The molecule has 0 aromatic heterocycles. The van der Waals surface area contributed by atoms with Gasteiger partial charge >= 0.3 is 6.18 Å². The van der Waals surface area contributed by atoms with E-state index in [1.807, 2.05) is 0 Å². The number of halogens is 3. The number of alkyl halides is 3. The number of nitrogens with one attached hydrogen (secondary N) is 1. The molecule has 120 valence electrons. The smallest absolute Gasteiger partial charge is 0.349 e. The third-order valence-electron chi connectivity index (χ3n) is 3.70. The van der Waals surface area contributed by atoms with Crippen molar-refractivity contribution in [3.63, 3.8) is 0 Å². The third-order valence-corrected chi connectivity index (χ3v) is 3.70.